The first kappa shape index (κ1) is 16.8. The quantitative estimate of drug-likeness (QED) is 0.878. The lowest BCUT2D eigenvalue weighted by molar-refractivity contribution is -0.132. The third kappa shape index (κ3) is 3.72. The van der Waals surface area contributed by atoms with Crippen LogP contribution in [0.5, 0.6) is 0 Å². The summed E-state index contributed by atoms with van der Waals surface area (Å²) in [6.45, 7) is 2.19. The molecule has 1 N–H and O–H groups in total. The molecule has 1 unspecified atom stereocenters. The zero-order valence-corrected chi connectivity index (χ0v) is 14.2. The molecule has 4 nitrogen and oxygen atoms in total. The highest BCUT2D eigenvalue weighted by molar-refractivity contribution is 5.92. The molecule has 2 aromatic carbocycles. The minimum atomic E-state index is -0.238. The van der Waals surface area contributed by atoms with Crippen LogP contribution in [0, 0.1) is 12.3 Å². The first-order chi connectivity index (χ1) is 12.1. The first-order valence-corrected chi connectivity index (χ1v) is 8.30. The number of amides is 2. The Kier molecular flexibility index (Phi) is 4.85. The molecule has 0 spiro atoms. The summed E-state index contributed by atoms with van der Waals surface area (Å²) >= 11 is 0. The average molecular weight is 332 g/mol. The van der Waals surface area contributed by atoms with Crippen molar-refractivity contribution in [1.82, 2.24) is 4.90 Å². The Morgan fingerprint density at radius 2 is 2.04 bits per heavy atom. The van der Waals surface area contributed by atoms with Gasteiger partial charge >= 0.3 is 0 Å². The van der Waals surface area contributed by atoms with E-state index in [4.69, 9.17) is 6.42 Å². The molecule has 1 aliphatic heterocycles. The second kappa shape index (κ2) is 7.23. The number of hydrogen-bond acceptors (Lipinski definition) is 2. The standard InChI is InChI=1S/C21H20N2O2/c1-3-16-7-6-9-18(13-16)22-21(25)14-20-19-10-5-4-8-17(19)11-12-23(20)15(2)24/h1,4-10,13,20H,11-12,14H2,2H3,(H,22,25). The average Bonchev–Trinajstić information content (AvgIpc) is 2.61. The fourth-order valence-electron chi connectivity index (χ4n) is 3.32. The molecule has 0 fully saturated rings. The summed E-state index contributed by atoms with van der Waals surface area (Å²) in [7, 11) is 0. The van der Waals surface area contributed by atoms with Crippen LogP contribution in [-0.2, 0) is 16.0 Å². The van der Waals surface area contributed by atoms with E-state index in [0.29, 0.717) is 17.8 Å². The van der Waals surface area contributed by atoms with Gasteiger partial charge in [-0.15, -0.1) is 6.42 Å². The highest BCUT2D eigenvalue weighted by Crippen LogP contribution is 2.32. The molecule has 1 atom stereocenters. The van der Waals surface area contributed by atoms with Crippen molar-refractivity contribution in [3.05, 3.63) is 65.2 Å². The van der Waals surface area contributed by atoms with Crippen molar-refractivity contribution in [1.29, 1.82) is 0 Å². The van der Waals surface area contributed by atoms with E-state index in [2.05, 4.69) is 17.3 Å². The van der Waals surface area contributed by atoms with Crippen molar-refractivity contribution in [3.8, 4) is 12.3 Å². The molecule has 25 heavy (non-hydrogen) atoms. The van der Waals surface area contributed by atoms with Crippen LogP contribution in [-0.4, -0.2) is 23.3 Å². The lowest BCUT2D eigenvalue weighted by Gasteiger charge is -2.36. The van der Waals surface area contributed by atoms with Gasteiger partial charge in [-0.1, -0.05) is 36.3 Å². The van der Waals surface area contributed by atoms with Gasteiger partial charge in [0.2, 0.25) is 11.8 Å². The van der Waals surface area contributed by atoms with E-state index < -0.39 is 0 Å². The van der Waals surface area contributed by atoms with E-state index in [0.717, 1.165) is 12.0 Å². The van der Waals surface area contributed by atoms with Crippen LogP contribution in [0.4, 0.5) is 5.69 Å². The van der Waals surface area contributed by atoms with Gasteiger partial charge in [-0.05, 0) is 35.7 Å². The largest absolute Gasteiger partial charge is 0.335 e. The lowest BCUT2D eigenvalue weighted by Crippen LogP contribution is -2.40. The van der Waals surface area contributed by atoms with Crippen LogP contribution in [0.3, 0.4) is 0 Å². The number of terminal acetylenes is 1. The molecule has 1 heterocycles. The topological polar surface area (TPSA) is 49.4 Å². The number of hydrogen-bond donors (Lipinski definition) is 1. The van der Waals surface area contributed by atoms with Gasteiger partial charge in [-0.2, -0.15) is 0 Å². The highest BCUT2D eigenvalue weighted by atomic mass is 16.2. The van der Waals surface area contributed by atoms with Crippen molar-refractivity contribution in [3.63, 3.8) is 0 Å². The van der Waals surface area contributed by atoms with E-state index in [1.165, 1.54) is 5.56 Å². The molecule has 2 aromatic rings. The number of nitrogens with one attached hydrogen (secondary N) is 1. The number of fused-ring (bicyclic) bond motifs is 1. The van der Waals surface area contributed by atoms with Gasteiger partial charge in [0.15, 0.2) is 0 Å². The predicted molar refractivity (Wildman–Crippen MR) is 97.9 cm³/mol. The maximum atomic E-state index is 12.6. The van der Waals surface area contributed by atoms with Gasteiger partial charge in [-0.3, -0.25) is 9.59 Å². The Morgan fingerprint density at radius 3 is 2.80 bits per heavy atom. The number of rotatable bonds is 3. The Labute approximate surface area is 147 Å². The molecule has 4 heteroatoms. The fraction of sp³-hybridized carbons (Fsp3) is 0.238. The molecule has 0 saturated heterocycles. The number of carbonyl (C=O) groups is 2. The third-order valence-corrected chi connectivity index (χ3v) is 4.51. The summed E-state index contributed by atoms with van der Waals surface area (Å²) in [5.74, 6) is 2.40. The number of carbonyl (C=O) groups excluding carboxylic acids is 2. The van der Waals surface area contributed by atoms with Crippen LogP contribution in [0.1, 0.15) is 36.1 Å². The number of nitrogens with zero attached hydrogens (tertiary/aromatic N) is 1. The van der Waals surface area contributed by atoms with E-state index in [1.54, 1.807) is 24.0 Å². The van der Waals surface area contributed by atoms with E-state index >= 15 is 0 Å². The Hall–Kier alpha value is -3.06. The summed E-state index contributed by atoms with van der Waals surface area (Å²) in [6.07, 6.45) is 6.43. The minimum absolute atomic E-state index is 0.0124. The fourth-order valence-corrected chi connectivity index (χ4v) is 3.32. The van der Waals surface area contributed by atoms with Gasteiger partial charge in [0.25, 0.3) is 0 Å². The smallest absolute Gasteiger partial charge is 0.226 e. The molecule has 0 radical (unpaired) electrons. The second-order valence-electron chi connectivity index (χ2n) is 6.15. The maximum Gasteiger partial charge on any atom is 0.226 e. The molecule has 2 amide bonds. The third-order valence-electron chi connectivity index (χ3n) is 4.51. The van der Waals surface area contributed by atoms with E-state index in [9.17, 15) is 9.59 Å². The number of anilines is 1. The summed E-state index contributed by atoms with van der Waals surface area (Å²) in [4.78, 5) is 26.3. The van der Waals surface area contributed by atoms with Crippen LogP contribution < -0.4 is 5.32 Å². The Morgan fingerprint density at radius 1 is 1.24 bits per heavy atom. The minimum Gasteiger partial charge on any atom is -0.335 e. The molecule has 0 saturated carbocycles. The monoisotopic (exact) mass is 332 g/mol. The van der Waals surface area contributed by atoms with Gasteiger partial charge in [-0.25, -0.2) is 0 Å². The predicted octanol–water partition coefficient (Wildman–Crippen LogP) is 3.14. The zero-order valence-electron chi connectivity index (χ0n) is 14.2. The lowest BCUT2D eigenvalue weighted by atomic mass is 9.90. The Bertz CT molecular complexity index is 851. The second-order valence-corrected chi connectivity index (χ2v) is 6.15. The Balaban J connectivity index is 1.80. The summed E-state index contributed by atoms with van der Waals surface area (Å²) < 4.78 is 0. The van der Waals surface area contributed by atoms with Crippen molar-refractivity contribution in [2.24, 2.45) is 0 Å². The first-order valence-electron chi connectivity index (χ1n) is 8.30. The van der Waals surface area contributed by atoms with Gasteiger partial charge in [0, 0.05) is 24.7 Å². The van der Waals surface area contributed by atoms with Gasteiger partial charge < -0.3 is 10.2 Å². The maximum absolute atomic E-state index is 12.6. The van der Waals surface area contributed by atoms with Gasteiger partial charge in [0.05, 0.1) is 12.5 Å². The summed E-state index contributed by atoms with van der Waals surface area (Å²) in [5, 5.41) is 2.88. The van der Waals surface area contributed by atoms with Crippen molar-refractivity contribution in [2.75, 3.05) is 11.9 Å². The van der Waals surface area contributed by atoms with Crippen molar-refractivity contribution < 1.29 is 9.59 Å². The van der Waals surface area contributed by atoms with Crippen LogP contribution in [0.25, 0.3) is 0 Å². The molecular weight excluding hydrogens is 312 g/mol. The highest BCUT2D eigenvalue weighted by Gasteiger charge is 2.30. The molecule has 0 bridgehead atoms. The van der Waals surface area contributed by atoms with Crippen molar-refractivity contribution >= 4 is 17.5 Å². The molecule has 1 aliphatic rings. The molecule has 0 aromatic heterocycles. The molecule has 126 valence electrons. The normalized spacial score (nSPS) is 15.8. The summed E-state index contributed by atoms with van der Waals surface area (Å²) in [5.41, 5.74) is 3.63. The van der Waals surface area contributed by atoms with Crippen LogP contribution in [0.2, 0.25) is 0 Å². The summed E-state index contributed by atoms with van der Waals surface area (Å²) in [6, 6.07) is 14.9. The van der Waals surface area contributed by atoms with Crippen LogP contribution >= 0.6 is 0 Å². The van der Waals surface area contributed by atoms with E-state index in [1.807, 2.05) is 30.3 Å². The molecule has 0 aliphatic carbocycles. The molecule has 3 rings (SSSR count). The zero-order chi connectivity index (χ0) is 17.8. The van der Waals surface area contributed by atoms with Gasteiger partial charge in [0.1, 0.15) is 0 Å². The van der Waals surface area contributed by atoms with E-state index in [-0.39, 0.29) is 24.3 Å². The molecular formula is C21H20N2O2. The SMILES string of the molecule is C#Cc1cccc(NC(=O)CC2c3ccccc3CCN2C(C)=O)c1. The van der Waals surface area contributed by atoms with Crippen LogP contribution in [0.15, 0.2) is 48.5 Å². The number of benzene rings is 2. The van der Waals surface area contributed by atoms with Crippen molar-refractivity contribution in [2.45, 2.75) is 25.8 Å².